The van der Waals surface area contributed by atoms with E-state index >= 15 is 0 Å². The number of benzene rings is 2. The Hall–Kier alpha value is -2.22. The zero-order valence-corrected chi connectivity index (χ0v) is 17.2. The highest BCUT2D eigenvalue weighted by Crippen LogP contribution is 2.37. The van der Waals surface area contributed by atoms with Gasteiger partial charge in [-0.2, -0.15) is 9.29 Å². The standard InChI is InChI=1S/C20H20ClN3O3S/c1-13-5-6-14(2)18(12-13)28(25,26)24-11-3-4-17(24)20-22-19(23-27-20)15-7-9-16(21)10-8-15/h5-10,12,17H,3-4,11H2,1-2H3. The fourth-order valence-corrected chi connectivity index (χ4v) is 5.56. The summed E-state index contributed by atoms with van der Waals surface area (Å²) in [5.74, 6) is 0.735. The average Bonchev–Trinajstić information content (AvgIpc) is 3.33. The number of hydrogen-bond donors (Lipinski definition) is 0. The second kappa shape index (κ2) is 7.31. The maximum absolute atomic E-state index is 13.3. The average molecular weight is 418 g/mol. The van der Waals surface area contributed by atoms with Gasteiger partial charge in [-0.05, 0) is 68.1 Å². The lowest BCUT2D eigenvalue weighted by Gasteiger charge is -2.22. The number of aromatic nitrogens is 2. The van der Waals surface area contributed by atoms with Crippen LogP contribution in [0.1, 0.15) is 35.9 Å². The number of rotatable bonds is 4. The molecule has 8 heteroatoms. The minimum absolute atomic E-state index is 0.316. The van der Waals surface area contributed by atoms with Crippen LogP contribution in [-0.4, -0.2) is 29.4 Å². The molecule has 0 aliphatic carbocycles. The summed E-state index contributed by atoms with van der Waals surface area (Å²) in [7, 11) is -3.66. The van der Waals surface area contributed by atoms with Crippen LogP contribution in [0.5, 0.6) is 0 Å². The van der Waals surface area contributed by atoms with Crippen molar-refractivity contribution in [2.24, 2.45) is 0 Å². The Morgan fingerprint density at radius 2 is 1.89 bits per heavy atom. The number of aryl methyl sites for hydroxylation is 2. The van der Waals surface area contributed by atoms with Crippen LogP contribution < -0.4 is 0 Å². The van der Waals surface area contributed by atoms with Crippen molar-refractivity contribution >= 4 is 21.6 Å². The Kier molecular flexibility index (Phi) is 4.99. The first-order chi connectivity index (χ1) is 13.4. The second-order valence-electron chi connectivity index (χ2n) is 7.01. The molecule has 0 radical (unpaired) electrons. The highest BCUT2D eigenvalue weighted by molar-refractivity contribution is 7.89. The van der Waals surface area contributed by atoms with Crippen molar-refractivity contribution in [2.45, 2.75) is 37.6 Å². The van der Waals surface area contributed by atoms with E-state index in [0.717, 1.165) is 23.1 Å². The molecule has 1 unspecified atom stereocenters. The van der Waals surface area contributed by atoms with Gasteiger partial charge in [-0.15, -0.1) is 0 Å². The summed E-state index contributed by atoms with van der Waals surface area (Å²) in [6, 6.07) is 12.1. The van der Waals surface area contributed by atoms with E-state index in [2.05, 4.69) is 10.1 Å². The van der Waals surface area contributed by atoms with Gasteiger partial charge >= 0.3 is 0 Å². The molecule has 28 heavy (non-hydrogen) atoms. The number of sulfonamides is 1. The first kappa shape index (κ1) is 19.1. The van der Waals surface area contributed by atoms with Crippen molar-refractivity contribution in [3.8, 4) is 11.4 Å². The Labute approximate surface area is 169 Å². The Morgan fingerprint density at radius 3 is 2.64 bits per heavy atom. The van der Waals surface area contributed by atoms with Crippen LogP contribution in [0.2, 0.25) is 5.02 Å². The number of nitrogens with zero attached hydrogens (tertiary/aromatic N) is 3. The first-order valence-corrected chi connectivity index (χ1v) is 10.9. The van der Waals surface area contributed by atoms with Crippen LogP contribution in [0.3, 0.4) is 0 Å². The van der Waals surface area contributed by atoms with Crippen LogP contribution in [0, 0.1) is 13.8 Å². The van der Waals surface area contributed by atoms with Crippen LogP contribution in [-0.2, 0) is 10.0 Å². The summed E-state index contributed by atoms with van der Waals surface area (Å²) in [5, 5.41) is 4.65. The maximum atomic E-state index is 13.3. The number of halogens is 1. The smallest absolute Gasteiger partial charge is 0.245 e. The molecular weight excluding hydrogens is 398 g/mol. The third-order valence-corrected chi connectivity index (χ3v) is 7.27. The predicted octanol–water partition coefficient (Wildman–Crippen LogP) is 4.53. The molecule has 3 aromatic rings. The van der Waals surface area contributed by atoms with Gasteiger partial charge in [-0.1, -0.05) is 28.9 Å². The van der Waals surface area contributed by atoms with Crippen molar-refractivity contribution < 1.29 is 12.9 Å². The highest BCUT2D eigenvalue weighted by Gasteiger charge is 2.40. The maximum Gasteiger partial charge on any atom is 0.245 e. The summed E-state index contributed by atoms with van der Waals surface area (Å²) in [6.45, 7) is 4.12. The van der Waals surface area contributed by atoms with Crippen molar-refractivity contribution in [1.29, 1.82) is 0 Å². The summed E-state index contributed by atoms with van der Waals surface area (Å²) >= 11 is 5.92. The van der Waals surface area contributed by atoms with Gasteiger partial charge in [0.05, 0.1) is 4.90 Å². The molecule has 146 valence electrons. The van der Waals surface area contributed by atoms with Crippen molar-refractivity contribution in [2.75, 3.05) is 6.54 Å². The van der Waals surface area contributed by atoms with Gasteiger partial charge in [0.2, 0.25) is 21.7 Å². The van der Waals surface area contributed by atoms with Gasteiger partial charge in [0, 0.05) is 17.1 Å². The molecule has 0 N–H and O–H groups in total. The second-order valence-corrected chi connectivity index (χ2v) is 9.30. The van der Waals surface area contributed by atoms with E-state index in [-0.39, 0.29) is 0 Å². The molecule has 2 aromatic carbocycles. The van der Waals surface area contributed by atoms with E-state index in [1.54, 1.807) is 30.3 Å². The third kappa shape index (κ3) is 3.45. The van der Waals surface area contributed by atoms with Gasteiger partial charge in [-0.3, -0.25) is 0 Å². The zero-order valence-electron chi connectivity index (χ0n) is 15.6. The minimum atomic E-state index is -3.66. The van der Waals surface area contributed by atoms with Crippen LogP contribution >= 0.6 is 11.6 Å². The van der Waals surface area contributed by atoms with E-state index in [1.165, 1.54) is 4.31 Å². The van der Waals surface area contributed by atoms with Crippen LogP contribution in [0.25, 0.3) is 11.4 Å². The molecule has 4 rings (SSSR count). The van der Waals surface area contributed by atoms with E-state index in [0.29, 0.717) is 34.6 Å². The lowest BCUT2D eigenvalue weighted by atomic mass is 10.2. The Bertz CT molecular complexity index is 1110. The van der Waals surface area contributed by atoms with Crippen LogP contribution in [0.4, 0.5) is 0 Å². The summed E-state index contributed by atoms with van der Waals surface area (Å²) in [5.41, 5.74) is 2.40. The quantitative estimate of drug-likeness (QED) is 0.623. The molecule has 0 spiro atoms. The molecular formula is C20H20ClN3O3S. The molecule has 0 saturated carbocycles. The van der Waals surface area contributed by atoms with Gasteiger partial charge in [-0.25, -0.2) is 8.42 Å². The van der Waals surface area contributed by atoms with E-state index < -0.39 is 16.1 Å². The predicted molar refractivity (Wildman–Crippen MR) is 107 cm³/mol. The SMILES string of the molecule is Cc1ccc(C)c(S(=O)(=O)N2CCCC2c2nc(-c3ccc(Cl)cc3)no2)c1. The molecule has 1 fully saturated rings. The lowest BCUT2D eigenvalue weighted by molar-refractivity contribution is 0.290. The third-order valence-electron chi connectivity index (χ3n) is 4.96. The van der Waals surface area contributed by atoms with Crippen molar-refractivity contribution in [3.63, 3.8) is 0 Å². The lowest BCUT2D eigenvalue weighted by Crippen LogP contribution is -2.31. The topological polar surface area (TPSA) is 76.3 Å². The largest absolute Gasteiger partial charge is 0.337 e. The molecule has 0 bridgehead atoms. The monoisotopic (exact) mass is 417 g/mol. The molecule has 1 aliphatic rings. The molecule has 1 saturated heterocycles. The summed E-state index contributed by atoms with van der Waals surface area (Å²) in [6.07, 6.45) is 1.39. The van der Waals surface area contributed by atoms with Gasteiger partial charge in [0.1, 0.15) is 6.04 Å². The number of hydrogen-bond acceptors (Lipinski definition) is 5. The fraction of sp³-hybridized carbons (Fsp3) is 0.300. The molecule has 1 aliphatic heterocycles. The zero-order chi connectivity index (χ0) is 19.9. The molecule has 1 atom stereocenters. The van der Waals surface area contributed by atoms with Crippen molar-refractivity contribution in [1.82, 2.24) is 14.4 Å². The van der Waals surface area contributed by atoms with E-state index in [9.17, 15) is 8.42 Å². The van der Waals surface area contributed by atoms with Gasteiger partial charge in [0.25, 0.3) is 0 Å². The fourth-order valence-electron chi connectivity index (χ4n) is 3.47. The van der Waals surface area contributed by atoms with Crippen LogP contribution in [0.15, 0.2) is 51.9 Å². The molecule has 1 aromatic heterocycles. The summed E-state index contributed by atoms with van der Waals surface area (Å²) < 4.78 is 33.6. The van der Waals surface area contributed by atoms with Gasteiger partial charge < -0.3 is 4.52 Å². The Balaban J connectivity index is 1.67. The van der Waals surface area contributed by atoms with E-state index in [4.69, 9.17) is 16.1 Å². The molecule has 2 heterocycles. The normalized spacial score (nSPS) is 17.9. The summed E-state index contributed by atoms with van der Waals surface area (Å²) in [4.78, 5) is 4.79. The van der Waals surface area contributed by atoms with E-state index in [1.807, 2.05) is 26.0 Å². The molecule has 6 nitrogen and oxygen atoms in total. The van der Waals surface area contributed by atoms with Crippen molar-refractivity contribution in [3.05, 3.63) is 64.5 Å². The van der Waals surface area contributed by atoms with Gasteiger partial charge in [0.15, 0.2) is 0 Å². The first-order valence-electron chi connectivity index (χ1n) is 9.05. The minimum Gasteiger partial charge on any atom is -0.337 e. The molecule has 0 amide bonds. The Morgan fingerprint density at radius 1 is 1.14 bits per heavy atom. The highest BCUT2D eigenvalue weighted by atomic mass is 35.5.